The maximum Gasteiger partial charge on any atom is 0.338 e. The van der Waals surface area contributed by atoms with Gasteiger partial charge in [0.1, 0.15) is 0 Å². The van der Waals surface area contributed by atoms with Crippen molar-refractivity contribution in [2.45, 2.75) is 31.8 Å². The highest BCUT2D eigenvalue weighted by Crippen LogP contribution is 2.09. The van der Waals surface area contributed by atoms with Gasteiger partial charge in [0.25, 0.3) is 0 Å². The topological polar surface area (TPSA) is 55.8 Å². The fourth-order valence-electron chi connectivity index (χ4n) is 1.80. The first kappa shape index (κ1) is 15.7. The molecule has 0 aliphatic rings. The van der Waals surface area contributed by atoms with Crippen LogP contribution in [0.5, 0.6) is 0 Å². The molecule has 0 saturated carbocycles. The highest BCUT2D eigenvalue weighted by Gasteiger charge is 2.10. The molecule has 1 rings (SSSR count). The van der Waals surface area contributed by atoms with Crippen LogP contribution in [-0.2, 0) is 9.47 Å². The fourth-order valence-corrected chi connectivity index (χ4v) is 1.80. The molecule has 1 aromatic rings. The summed E-state index contributed by atoms with van der Waals surface area (Å²) < 4.78 is 10.5. The number of rotatable bonds is 9. The number of ether oxygens (including phenoxy) is 2. The van der Waals surface area contributed by atoms with Crippen LogP contribution in [0.25, 0.3) is 0 Å². The second kappa shape index (κ2) is 9.53. The molecule has 0 heterocycles. The van der Waals surface area contributed by atoms with Crippen molar-refractivity contribution in [2.24, 2.45) is 0 Å². The van der Waals surface area contributed by atoms with E-state index in [1.54, 1.807) is 19.2 Å². The molecule has 4 nitrogen and oxygen atoms in total. The predicted molar refractivity (Wildman–Crippen MR) is 73.1 cm³/mol. The second-order valence-corrected chi connectivity index (χ2v) is 4.37. The molecule has 0 fully saturated rings. The molecular formula is C15H22O4. The van der Waals surface area contributed by atoms with E-state index in [1.807, 2.05) is 18.2 Å². The number of carbonyl (C=O) groups excluding carboxylic acids is 1. The molecule has 1 atom stereocenters. The standard InChI is InChI=1S/C15H22O4/c1-18-14(9-5-6-11-16)10-12-19-15(17)13-7-3-2-4-8-13/h2-4,7-8,14,16H,5-6,9-12H2,1H3/t14-/m0/s1. The number of hydrogen-bond donors (Lipinski definition) is 1. The van der Waals surface area contributed by atoms with Gasteiger partial charge in [-0.1, -0.05) is 18.2 Å². The first-order valence-corrected chi connectivity index (χ1v) is 6.63. The van der Waals surface area contributed by atoms with Crippen molar-refractivity contribution in [3.63, 3.8) is 0 Å². The van der Waals surface area contributed by atoms with Gasteiger partial charge in [-0.3, -0.25) is 0 Å². The number of hydrogen-bond acceptors (Lipinski definition) is 4. The van der Waals surface area contributed by atoms with Crippen LogP contribution in [0, 0.1) is 0 Å². The maximum absolute atomic E-state index is 11.7. The minimum absolute atomic E-state index is 0.0788. The van der Waals surface area contributed by atoms with E-state index < -0.39 is 0 Å². The number of aliphatic hydroxyl groups is 1. The Bertz CT molecular complexity index is 350. The number of unbranched alkanes of at least 4 members (excludes halogenated alkanes) is 1. The van der Waals surface area contributed by atoms with Gasteiger partial charge in [-0.15, -0.1) is 0 Å². The van der Waals surface area contributed by atoms with Crippen LogP contribution in [-0.4, -0.2) is 37.5 Å². The first-order valence-electron chi connectivity index (χ1n) is 6.63. The second-order valence-electron chi connectivity index (χ2n) is 4.37. The van der Waals surface area contributed by atoms with E-state index in [9.17, 15) is 4.79 Å². The minimum atomic E-state index is -0.300. The van der Waals surface area contributed by atoms with Crippen LogP contribution in [0.2, 0.25) is 0 Å². The first-order chi connectivity index (χ1) is 9.27. The van der Waals surface area contributed by atoms with Gasteiger partial charge in [-0.2, -0.15) is 0 Å². The van der Waals surface area contributed by atoms with Gasteiger partial charge < -0.3 is 14.6 Å². The van der Waals surface area contributed by atoms with Gasteiger partial charge in [-0.05, 0) is 31.4 Å². The molecule has 1 aromatic carbocycles. The van der Waals surface area contributed by atoms with Crippen LogP contribution in [0.15, 0.2) is 30.3 Å². The molecule has 0 aliphatic heterocycles. The summed E-state index contributed by atoms with van der Waals surface area (Å²) in [5, 5.41) is 8.72. The van der Waals surface area contributed by atoms with E-state index >= 15 is 0 Å². The summed E-state index contributed by atoms with van der Waals surface area (Å²) in [6, 6.07) is 8.94. The molecule has 0 radical (unpaired) electrons. The molecular weight excluding hydrogens is 244 g/mol. The largest absolute Gasteiger partial charge is 0.462 e. The lowest BCUT2D eigenvalue weighted by Crippen LogP contribution is -2.16. The third-order valence-electron chi connectivity index (χ3n) is 2.95. The van der Waals surface area contributed by atoms with Crippen LogP contribution >= 0.6 is 0 Å². The van der Waals surface area contributed by atoms with E-state index in [1.165, 1.54) is 0 Å². The average molecular weight is 266 g/mol. The summed E-state index contributed by atoms with van der Waals surface area (Å²) in [7, 11) is 1.66. The normalized spacial score (nSPS) is 12.1. The fraction of sp³-hybridized carbons (Fsp3) is 0.533. The Morgan fingerprint density at radius 2 is 1.95 bits per heavy atom. The average Bonchev–Trinajstić information content (AvgIpc) is 2.46. The van der Waals surface area contributed by atoms with Crippen molar-refractivity contribution >= 4 is 5.97 Å². The van der Waals surface area contributed by atoms with Gasteiger partial charge >= 0.3 is 5.97 Å². The Hall–Kier alpha value is -1.39. The summed E-state index contributed by atoms with van der Waals surface area (Å²) in [5.41, 5.74) is 0.566. The zero-order valence-corrected chi connectivity index (χ0v) is 11.4. The van der Waals surface area contributed by atoms with Gasteiger partial charge in [0.15, 0.2) is 0 Å². The van der Waals surface area contributed by atoms with Crippen LogP contribution in [0.3, 0.4) is 0 Å². The summed E-state index contributed by atoms with van der Waals surface area (Å²) in [6.07, 6.45) is 3.33. The third kappa shape index (κ3) is 6.36. The lowest BCUT2D eigenvalue weighted by Gasteiger charge is -2.14. The highest BCUT2D eigenvalue weighted by molar-refractivity contribution is 5.89. The van der Waals surface area contributed by atoms with Crippen molar-refractivity contribution in [1.82, 2.24) is 0 Å². The summed E-state index contributed by atoms with van der Waals surface area (Å²) in [5.74, 6) is -0.300. The zero-order chi connectivity index (χ0) is 13.9. The molecule has 0 aliphatic carbocycles. The van der Waals surface area contributed by atoms with Crippen molar-refractivity contribution < 1.29 is 19.4 Å². The summed E-state index contributed by atoms with van der Waals surface area (Å²) in [4.78, 5) is 11.7. The van der Waals surface area contributed by atoms with Crippen molar-refractivity contribution in [3.05, 3.63) is 35.9 Å². The minimum Gasteiger partial charge on any atom is -0.462 e. The summed E-state index contributed by atoms with van der Waals surface area (Å²) in [6.45, 7) is 0.560. The van der Waals surface area contributed by atoms with E-state index in [0.717, 1.165) is 19.3 Å². The van der Waals surface area contributed by atoms with Crippen molar-refractivity contribution in [1.29, 1.82) is 0 Å². The molecule has 0 saturated heterocycles. The van der Waals surface area contributed by atoms with Crippen molar-refractivity contribution in [2.75, 3.05) is 20.3 Å². The molecule has 0 aromatic heterocycles. The Morgan fingerprint density at radius 1 is 1.21 bits per heavy atom. The molecule has 0 spiro atoms. The molecule has 0 bridgehead atoms. The van der Waals surface area contributed by atoms with E-state index in [4.69, 9.17) is 14.6 Å². The Kier molecular flexibility index (Phi) is 7.86. The summed E-state index contributed by atoms with van der Waals surface area (Å²) >= 11 is 0. The molecule has 0 amide bonds. The Balaban J connectivity index is 2.23. The third-order valence-corrected chi connectivity index (χ3v) is 2.95. The van der Waals surface area contributed by atoms with Gasteiger partial charge in [0.2, 0.25) is 0 Å². The van der Waals surface area contributed by atoms with Crippen LogP contribution in [0.4, 0.5) is 0 Å². The van der Waals surface area contributed by atoms with E-state index in [0.29, 0.717) is 18.6 Å². The van der Waals surface area contributed by atoms with E-state index in [2.05, 4.69) is 0 Å². The van der Waals surface area contributed by atoms with Crippen molar-refractivity contribution in [3.8, 4) is 0 Å². The number of carbonyl (C=O) groups is 1. The predicted octanol–water partition coefficient (Wildman–Crippen LogP) is 2.41. The Morgan fingerprint density at radius 3 is 2.58 bits per heavy atom. The number of aliphatic hydroxyl groups excluding tert-OH is 1. The number of methoxy groups -OCH3 is 1. The molecule has 4 heteroatoms. The monoisotopic (exact) mass is 266 g/mol. The Labute approximate surface area is 114 Å². The van der Waals surface area contributed by atoms with E-state index in [-0.39, 0.29) is 18.7 Å². The molecule has 106 valence electrons. The quantitative estimate of drug-likeness (QED) is 0.551. The molecule has 1 N–H and O–H groups in total. The van der Waals surface area contributed by atoms with Gasteiger partial charge in [-0.25, -0.2) is 4.79 Å². The lowest BCUT2D eigenvalue weighted by atomic mass is 10.1. The van der Waals surface area contributed by atoms with Gasteiger partial charge in [0.05, 0.1) is 18.3 Å². The van der Waals surface area contributed by atoms with Gasteiger partial charge in [0, 0.05) is 20.1 Å². The SMILES string of the molecule is CO[C@@H](CCCCO)CCOC(=O)c1ccccc1. The van der Waals surface area contributed by atoms with Crippen LogP contribution in [0.1, 0.15) is 36.0 Å². The smallest absolute Gasteiger partial charge is 0.338 e. The zero-order valence-electron chi connectivity index (χ0n) is 11.4. The molecule has 0 unspecified atom stereocenters. The highest BCUT2D eigenvalue weighted by atomic mass is 16.5. The number of esters is 1. The van der Waals surface area contributed by atoms with Crippen LogP contribution < -0.4 is 0 Å². The molecule has 19 heavy (non-hydrogen) atoms. The maximum atomic E-state index is 11.7. The lowest BCUT2D eigenvalue weighted by molar-refractivity contribution is 0.0334. The number of benzene rings is 1.